The number of carbonyl (C=O) groups excluding carboxylic acids is 11. The molecule has 0 aromatic carbocycles. The van der Waals surface area contributed by atoms with Crippen molar-refractivity contribution in [1.29, 1.82) is 0 Å². The third-order valence-corrected chi connectivity index (χ3v) is 18.1. The number of nitrogens with one attached hydrogen (secondary N) is 4. The fourth-order valence-electron chi connectivity index (χ4n) is 11.2. The second-order valence-corrected chi connectivity index (χ2v) is 28.5. The highest BCUT2D eigenvalue weighted by molar-refractivity contribution is 8.00. The van der Waals surface area contributed by atoms with Crippen molar-refractivity contribution < 1.29 is 57.8 Å². The van der Waals surface area contributed by atoms with Gasteiger partial charge in [-0.2, -0.15) is 0 Å². The van der Waals surface area contributed by atoms with Gasteiger partial charge in [0.15, 0.2) is 11.3 Å². The summed E-state index contributed by atoms with van der Waals surface area (Å²) in [6.45, 7) is 29.7. The number of allylic oxidation sites excluding steroid dienone is 2. The Labute approximate surface area is 553 Å². The molecule has 13 atom stereocenters. The second kappa shape index (κ2) is 38.6. The Bertz CT molecular complexity index is 2560. The zero-order valence-electron chi connectivity index (χ0n) is 59.9. The van der Waals surface area contributed by atoms with Gasteiger partial charge in [-0.15, -0.1) is 11.8 Å². The molecule has 0 aromatic rings. The Morgan fingerprint density at radius 1 is 0.500 bits per heavy atom. The summed E-state index contributed by atoms with van der Waals surface area (Å²) in [6, 6.07) is -12.8. The maximum atomic E-state index is 15.3. The van der Waals surface area contributed by atoms with E-state index in [-0.39, 0.29) is 80.5 Å². The van der Waals surface area contributed by atoms with Crippen molar-refractivity contribution >= 4 is 82.7 Å². The lowest BCUT2D eigenvalue weighted by atomic mass is 9.91. The highest BCUT2D eigenvalue weighted by Gasteiger charge is 2.46. The van der Waals surface area contributed by atoms with E-state index < -0.39 is 155 Å². The standard InChI is InChI=1S/C65H118N14O12S/c1-25-27-28-41(15)52(80)51-56(84)71-44(26-2)58(86)79(24)64(92-30-29-68-65(66)67)63(91)74(19)46(32-36(5)6)55(83)72-49(39(11)12)61(89)73(18)45(31-35(3)4)54(82)69-42(16)53(81)70-43(17)57(85)75(20)47(33-37(7)8)59(87)76(21)48(34-38(9)10)60(88)77(22)50(40(13)14)62(90)78(51)23/h25,27,35-52,64,80H,26,28-34H2,1-24H3,(H,69,82)(H,70,81)(H,71,84)(H,72,83)(H4,66,67,68)/b27-25+/t41?,42?,43?,44?,45?,46-,47?,48?,49?,50?,51?,52?,64?/m0/s1. The van der Waals surface area contributed by atoms with Crippen molar-refractivity contribution in [2.75, 3.05) is 61.6 Å². The Hall–Kier alpha value is -6.51. The van der Waals surface area contributed by atoms with Crippen LogP contribution in [-0.2, 0) is 52.7 Å². The molecular formula is C65H118N14O12S. The topological polar surface area (TPSA) is 343 Å². The van der Waals surface area contributed by atoms with Crippen LogP contribution in [0.5, 0.6) is 0 Å². The van der Waals surface area contributed by atoms with E-state index in [4.69, 9.17) is 11.5 Å². The summed E-state index contributed by atoms with van der Waals surface area (Å²) in [4.78, 5) is 176. The van der Waals surface area contributed by atoms with Crippen LogP contribution in [-0.4, -0.2) is 244 Å². The van der Waals surface area contributed by atoms with Gasteiger partial charge >= 0.3 is 0 Å². The number of nitrogens with two attached hydrogens (primary N) is 2. The van der Waals surface area contributed by atoms with Crippen molar-refractivity contribution in [1.82, 2.24) is 55.6 Å². The zero-order chi connectivity index (χ0) is 71.3. The fraction of sp³-hybridized carbons (Fsp3) is 0.785. The molecule has 0 saturated carbocycles. The van der Waals surface area contributed by atoms with Gasteiger partial charge in [0, 0.05) is 55.1 Å². The molecule has 9 N–H and O–H groups in total. The summed E-state index contributed by atoms with van der Waals surface area (Å²) in [5, 5.41) is 21.9. The van der Waals surface area contributed by atoms with E-state index in [1.54, 1.807) is 60.6 Å². The molecule has 0 spiro atoms. The van der Waals surface area contributed by atoms with Crippen LogP contribution in [0, 0.1) is 41.4 Å². The first-order valence-electron chi connectivity index (χ1n) is 32.6. The number of amides is 11. The minimum Gasteiger partial charge on any atom is -0.390 e. The monoisotopic (exact) mass is 1320 g/mol. The van der Waals surface area contributed by atoms with Gasteiger partial charge in [-0.05, 0) is 101 Å². The highest BCUT2D eigenvalue weighted by atomic mass is 32.2. The molecule has 1 saturated heterocycles. The molecule has 0 aliphatic carbocycles. The zero-order valence-corrected chi connectivity index (χ0v) is 60.7. The van der Waals surface area contributed by atoms with Crippen LogP contribution in [0.3, 0.4) is 0 Å². The van der Waals surface area contributed by atoms with E-state index >= 15 is 28.8 Å². The average Bonchev–Trinajstić information content (AvgIpc) is 0.861. The highest BCUT2D eigenvalue weighted by Crippen LogP contribution is 2.27. The molecule has 26 nitrogen and oxygen atoms in total. The number of aliphatic hydroxyl groups excluding tert-OH is 1. The second-order valence-electron chi connectivity index (χ2n) is 27.3. The molecule has 1 rings (SSSR count). The van der Waals surface area contributed by atoms with Crippen molar-refractivity contribution in [3.05, 3.63) is 12.2 Å². The van der Waals surface area contributed by atoms with Crippen LogP contribution >= 0.6 is 11.8 Å². The van der Waals surface area contributed by atoms with Crippen molar-refractivity contribution in [3.8, 4) is 0 Å². The van der Waals surface area contributed by atoms with E-state index in [1.165, 1.54) is 87.7 Å². The number of rotatable bonds is 19. The van der Waals surface area contributed by atoms with E-state index in [2.05, 4.69) is 26.3 Å². The Kier molecular flexibility index (Phi) is 35.1. The molecule has 11 amide bonds. The number of hydrogen-bond acceptors (Lipinski definition) is 14. The maximum Gasteiger partial charge on any atom is 0.256 e. The largest absolute Gasteiger partial charge is 0.390 e. The summed E-state index contributed by atoms with van der Waals surface area (Å²) in [5.41, 5.74) is 11.3. The van der Waals surface area contributed by atoms with Gasteiger partial charge in [0.25, 0.3) is 5.91 Å². The number of thioether (sulfide) groups is 1. The Morgan fingerprint density at radius 2 is 0.924 bits per heavy atom. The Balaban J connectivity index is 4.54. The number of carbonyl (C=O) groups is 11. The summed E-state index contributed by atoms with van der Waals surface area (Å²) in [5.74, 6) is -10.4. The molecule has 0 aromatic heterocycles. The smallest absolute Gasteiger partial charge is 0.256 e. The molecule has 1 fully saturated rings. The molecular weight excluding hydrogens is 1200 g/mol. The van der Waals surface area contributed by atoms with Crippen molar-refractivity contribution in [2.45, 2.75) is 228 Å². The quantitative estimate of drug-likeness (QED) is 0.0423. The summed E-state index contributed by atoms with van der Waals surface area (Å²) in [6.07, 6.45) is 2.76. The maximum absolute atomic E-state index is 15.3. The molecule has 12 unspecified atom stereocenters. The Morgan fingerprint density at radius 3 is 1.37 bits per heavy atom. The lowest BCUT2D eigenvalue weighted by Crippen LogP contribution is -2.64. The number of aliphatic hydroxyl groups is 1. The summed E-state index contributed by atoms with van der Waals surface area (Å²) in [7, 11) is 9.86. The number of nitrogens with zero attached hydrogens (tertiary/aromatic N) is 8. The van der Waals surface area contributed by atoms with Crippen LogP contribution in [0.15, 0.2) is 17.1 Å². The molecule has 1 aliphatic rings. The predicted octanol–water partition coefficient (Wildman–Crippen LogP) is 2.60. The number of guanidine groups is 1. The van der Waals surface area contributed by atoms with Gasteiger partial charge in [0.1, 0.15) is 60.4 Å². The molecule has 1 heterocycles. The minimum atomic E-state index is -1.67. The van der Waals surface area contributed by atoms with Crippen molar-refractivity contribution in [2.24, 2.45) is 57.9 Å². The molecule has 526 valence electrons. The molecule has 0 radical (unpaired) electrons. The number of aliphatic imine (C=N–C) groups is 1. The van der Waals surface area contributed by atoms with Gasteiger partial charge in [-0.3, -0.25) is 57.7 Å². The van der Waals surface area contributed by atoms with E-state index in [0.717, 1.165) is 21.6 Å². The van der Waals surface area contributed by atoms with Gasteiger partial charge < -0.3 is 72.1 Å². The van der Waals surface area contributed by atoms with Crippen LogP contribution < -0.4 is 32.7 Å². The summed E-state index contributed by atoms with van der Waals surface area (Å²) >= 11 is 0.992. The normalized spacial score (nSPS) is 26.5. The third-order valence-electron chi connectivity index (χ3n) is 16.9. The molecule has 1 aliphatic heterocycles. The lowest BCUT2D eigenvalue weighted by molar-refractivity contribution is -0.157. The van der Waals surface area contributed by atoms with E-state index in [1.807, 2.05) is 55.4 Å². The van der Waals surface area contributed by atoms with Crippen LogP contribution in [0.2, 0.25) is 0 Å². The summed E-state index contributed by atoms with van der Waals surface area (Å²) < 4.78 is 0. The first-order chi connectivity index (χ1) is 42.5. The molecule has 0 bridgehead atoms. The van der Waals surface area contributed by atoms with Gasteiger partial charge in [-0.1, -0.05) is 109 Å². The van der Waals surface area contributed by atoms with E-state index in [0.29, 0.717) is 0 Å². The fourth-order valence-corrected chi connectivity index (χ4v) is 12.3. The van der Waals surface area contributed by atoms with Crippen LogP contribution in [0.1, 0.15) is 156 Å². The average molecular weight is 1320 g/mol. The van der Waals surface area contributed by atoms with Crippen molar-refractivity contribution in [3.63, 3.8) is 0 Å². The third kappa shape index (κ3) is 23.8. The van der Waals surface area contributed by atoms with Gasteiger partial charge in [-0.25, -0.2) is 0 Å². The SMILES string of the molecule is C/C=C/CC(C)C(O)C1C(=O)NC(CC)C(=O)N(C)C(SCCN=C(N)N)C(=O)N(C)[C@@H](CC(C)C)C(=O)NC(C(C)C)C(=O)N(C)C(CC(C)C)C(=O)NC(C)C(=O)NC(C)C(=O)N(C)C(CC(C)C)C(=O)N(C)C(CC(C)C)C(=O)N(C)C(C(C)C)C(=O)N1C. The number of likely N-dealkylation sites (N-methyl/N-ethyl adjacent to an activating group) is 7. The van der Waals surface area contributed by atoms with E-state index in [9.17, 15) is 29.1 Å². The predicted molar refractivity (Wildman–Crippen MR) is 361 cm³/mol. The van der Waals surface area contributed by atoms with Crippen LogP contribution in [0.4, 0.5) is 0 Å². The molecule has 92 heavy (non-hydrogen) atoms. The van der Waals surface area contributed by atoms with Gasteiger partial charge in [0.05, 0.1) is 12.6 Å². The first kappa shape index (κ1) is 83.5. The van der Waals surface area contributed by atoms with Gasteiger partial charge in [0.2, 0.25) is 59.1 Å². The molecule has 27 heteroatoms. The van der Waals surface area contributed by atoms with Crippen LogP contribution in [0.25, 0.3) is 0 Å². The number of hydrogen-bond donors (Lipinski definition) is 7. The lowest BCUT2D eigenvalue weighted by Gasteiger charge is -2.41. The minimum absolute atomic E-state index is 0.0211. The first-order valence-corrected chi connectivity index (χ1v) is 33.6.